The highest BCUT2D eigenvalue weighted by atomic mass is 16.6. The first-order valence-corrected chi connectivity index (χ1v) is 11.5. The molecule has 1 amide bonds. The Labute approximate surface area is 195 Å². The molecule has 0 fully saturated rings. The molecule has 0 radical (unpaired) electrons. The molecule has 33 heavy (non-hydrogen) atoms. The van der Waals surface area contributed by atoms with Crippen LogP contribution in [-0.2, 0) is 11.8 Å². The lowest BCUT2D eigenvalue weighted by atomic mass is 9.82. The van der Waals surface area contributed by atoms with Crippen LogP contribution >= 0.6 is 0 Å². The largest absolute Gasteiger partial charge is 0.444 e. The monoisotopic (exact) mass is 438 g/mol. The Bertz CT molecular complexity index is 1290. The van der Waals surface area contributed by atoms with E-state index in [0.29, 0.717) is 6.54 Å². The molecule has 3 aromatic carbocycles. The molecule has 1 aromatic heterocycles. The molecule has 4 nitrogen and oxygen atoms in total. The summed E-state index contributed by atoms with van der Waals surface area (Å²) in [5.41, 5.74) is 5.34. The smallest absolute Gasteiger partial charge is 0.411 e. The summed E-state index contributed by atoms with van der Waals surface area (Å²) >= 11 is 0. The number of fused-ring (bicyclic) bond motifs is 3. The number of nitrogens with zero attached hydrogens (tertiary/aromatic N) is 2. The standard InChI is InChI=1S/C29H30N2O2/c1-29(2,3)33-28(32)31-19-23(20-13-7-5-8-14-20)25-22-17-11-12-18-24(22)30(4)27(25)26(31)21-15-9-6-10-16-21/h5-18,23,26H,19H2,1-4H3/t23-,26-/m0/s1. The Hall–Kier alpha value is -3.53. The molecule has 0 unspecified atom stereocenters. The maximum Gasteiger partial charge on any atom is 0.411 e. The number of aryl methyl sites for hydroxylation is 1. The maximum absolute atomic E-state index is 13.6. The van der Waals surface area contributed by atoms with Gasteiger partial charge in [0.2, 0.25) is 0 Å². The van der Waals surface area contributed by atoms with Crippen LogP contribution in [0.2, 0.25) is 0 Å². The van der Waals surface area contributed by atoms with E-state index < -0.39 is 5.60 Å². The molecule has 0 saturated carbocycles. The SMILES string of the molecule is Cn1c2c(c3ccccc31)[C@H](c1ccccc1)CN(C(=O)OC(C)(C)C)[C@H]2c1ccccc1. The van der Waals surface area contributed by atoms with Crippen LogP contribution in [0.15, 0.2) is 84.9 Å². The lowest BCUT2D eigenvalue weighted by molar-refractivity contribution is 0.0160. The molecule has 0 saturated heterocycles. The van der Waals surface area contributed by atoms with Crippen LogP contribution in [0.4, 0.5) is 4.79 Å². The summed E-state index contributed by atoms with van der Waals surface area (Å²) in [7, 11) is 2.11. The molecule has 1 aliphatic rings. The van der Waals surface area contributed by atoms with Gasteiger partial charge >= 0.3 is 6.09 Å². The first-order chi connectivity index (χ1) is 15.8. The molecule has 2 heterocycles. The third kappa shape index (κ3) is 3.80. The van der Waals surface area contributed by atoms with Gasteiger partial charge in [-0.05, 0) is 43.5 Å². The highest BCUT2D eigenvalue weighted by Gasteiger charge is 2.42. The molecule has 0 aliphatic carbocycles. The Kier molecular flexibility index (Phi) is 5.24. The summed E-state index contributed by atoms with van der Waals surface area (Å²) < 4.78 is 8.18. The minimum Gasteiger partial charge on any atom is -0.444 e. The van der Waals surface area contributed by atoms with Crippen molar-refractivity contribution < 1.29 is 9.53 Å². The van der Waals surface area contributed by atoms with E-state index in [1.807, 2.05) is 49.9 Å². The Morgan fingerprint density at radius 3 is 2.06 bits per heavy atom. The van der Waals surface area contributed by atoms with Crippen molar-refractivity contribution in [3.8, 4) is 0 Å². The van der Waals surface area contributed by atoms with Gasteiger partial charge in [0.05, 0.1) is 0 Å². The van der Waals surface area contributed by atoms with Gasteiger partial charge in [0.1, 0.15) is 11.6 Å². The molecule has 0 spiro atoms. The van der Waals surface area contributed by atoms with Crippen molar-refractivity contribution >= 4 is 17.0 Å². The van der Waals surface area contributed by atoms with E-state index in [4.69, 9.17) is 4.74 Å². The van der Waals surface area contributed by atoms with Gasteiger partial charge in [-0.1, -0.05) is 78.9 Å². The number of ether oxygens (including phenoxy) is 1. The van der Waals surface area contributed by atoms with Gasteiger partial charge in [0, 0.05) is 36.1 Å². The zero-order chi connectivity index (χ0) is 23.2. The number of para-hydroxylation sites is 1. The Morgan fingerprint density at radius 2 is 1.42 bits per heavy atom. The van der Waals surface area contributed by atoms with Crippen LogP contribution in [0.1, 0.15) is 55.1 Å². The highest BCUT2D eigenvalue weighted by molar-refractivity contribution is 5.88. The predicted octanol–water partition coefficient (Wildman–Crippen LogP) is 6.65. The second-order valence-electron chi connectivity index (χ2n) is 9.78. The van der Waals surface area contributed by atoms with Crippen LogP contribution in [0.3, 0.4) is 0 Å². The molecule has 2 atom stereocenters. The van der Waals surface area contributed by atoms with E-state index >= 15 is 0 Å². The predicted molar refractivity (Wildman–Crippen MR) is 132 cm³/mol. The first-order valence-electron chi connectivity index (χ1n) is 11.5. The summed E-state index contributed by atoms with van der Waals surface area (Å²) in [6.45, 7) is 6.31. The van der Waals surface area contributed by atoms with Crippen molar-refractivity contribution in [3.05, 3.63) is 107 Å². The quantitative estimate of drug-likeness (QED) is 0.351. The third-order valence-electron chi connectivity index (χ3n) is 6.44. The first kappa shape index (κ1) is 21.3. The fourth-order valence-corrected chi connectivity index (χ4v) is 5.11. The molecule has 168 valence electrons. The van der Waals surface area contributed by atoms with Crippen LogP contribution in [0, 0.1) is 0 Å². The second-order valence-corrected chi connectivity index (χ2v) is 9.78. The number of aromatic nitrogens is 1. The molecular weight excluding hydrogens is 408 g/mol. The minimum atomic E-state index is -0.570. The van der Waals surface area contributed by atoms with Crippen molar-refractivity contribution in [2.24, 2.45) is 7.05 Å². The maximum atomic E-state index is 13.6. The van der Waals surface area contributed by atoms with E-state index in [1.165, 1.54) is 22.0 Å². The van der Waals surface area contributed by atoms with Gasteiger partial charge < -0.3 is 9.30 Å². The topological polar surface area (TPSA) is 34.5 Å². The van der Waals surface area contributed by atoms with Crippen LogP contribution < -0.4 is 0 Å². The number of hydrogen-bond donors (Lipinski definition) is 0. The van der Waals surface area contributed by atoms with Crippen molar-refractivity contribution in [3.63, 3.8) is 0 Å². The summed E-state index contributed by atoms with van der Waals surface area (Å²) in [6, 6.07) is 29.1. The van der Waals surface area contributed by atoms with Crippen molar-refractivity contribution in [1.82, 2.24) is 9.47 Å². The van der Waals surface area contributed by atoms with E-state index in [9.17, 15) is 4.79 Å². The Morgan fingerprint density at radius 1 is 0.848 bits per heavy atom. The number of hydrogen-bond acceptors (Lipinski definition) is 2. The summed E-state index contributed by atoms with van der Waals surface area (Å²) in [5.74, 6) is 0.0554. The average molecular weight is 439 g/mol. The van der Waals surface area contributed by atoms with E-state index in [0.717, 1.165) is 11.3 Å². The highest BCUT2D eigenvalue weighted by Crippen LogP contribution is 2.47. The summed E-state index contributed by atoms with van der Waals surface area (Å²) in [4.78, 5) is 15.5. The van der Waals surface area contributed by atoms with Gasteiger partial charge in [-0.15, -0.1) is 0 Å². The lowest BCUT2D eigenvalue weighted by Gasteiger charge is -2.41. The number of carbonyl (C=O) groups excluding carboxylic acids is 1. The van der Waals surface area contributed by atoms with Crippen LogP contribution in [-0.4, -0.2) is 27.7 Å². The van der Waals surface area contributed by atoms with Crippen LogP contribution in [0.25, 0.3) is 10.9 Å². The van der Waals surface area contributed by atoms with E-state index in [2.05, 4.69) is 72.3 Å². The Balaban J connectivity index is 1.78. The van der Waals surface area contributed by atoms with Crippen molar-refractivity contribution in [2.75, 3.05) is 6.54 Å². The summed E-state index contributed by atoms with van der Waals surface area (Å²) in [6.07, 6.45) is -0.284. The molecule has 4 heteroatoms. The van der Waals surface area contributed by atoms with E-state index in [1.54, 1.807) is 0 Å². The second kappa shape index (κ2) is 8.11. The molecule has 1 aliphatic heterocycles. The van der Waals surface area contributed by atoms with Crippen LogP contribution in [0.5, 0.6) is 0 Å². The van der Waals surface area contributed by atoms with E-state index in [-0.39, 0.29) is 18.1 Å². The van der Waals surface area contributed by atoms with Gasteiger partial charge in [-0.3, -0.25) is 4.90 Å². The number of rotatable bonds is 2. The fraction of sp³-hybridized carbons (Fsp3) is 0.276. The lowest BCUT2D eigenvalue weighted by Crippen LogP contribution is -2.45. The third-order valence-corrected chi connectivity index (χ3v) is 6.44. The number of benzene rings is 3. The zero-order valence-electron chi connectivity index (χ0n) is 19.7. The molecular formula is C29H30N2O2. The van der Waals surface area contributed by atoms with Gasteiger partial charge in [-0.2, -0.15) is 0 Å². The van der Waals surface area contributed by atoms with Gasteiger partial charge in [0.25, 0.3) is 0 Å². The zero-order valence-corrected chi connectivity index (χ0v) is 19.7. The normalized spacial score (nSPS) is 18.2. The minimum absolute atomic E-state index is 0.0554. The average Bonchev–Trinajstić information content (AvgIpc) is 3.11. The van der Waals surface area contributed by atoms with Crippen molar-refractivity contribution in [2.45, 2.75) is 38.3 Å². The van der Waals surface area contributed by atoms with Gasteiger partial charge in [0.15, 0.2) is 0 Å². The fourth-order valence-electron chi connectivity index (χ4n) is 5.11. The molecule has 0 bridgehead atoms. The number of carbonyl (C=O) groups is 1. The molecule has 0 N–H and O–H groups in total. The molecule has 4 aromatic rings. The van der Waals surface area contributed by atoms with Crippen molar-refractivity contribution in [1.29, 1.82) is 0 Å². The van der Waals surface area contributed by atoms with Gasteiger partial charge in [-0.25, -0.2) is 4.79 Å². The number of amides is 1. The summed E-state index contributed by atoms with van der Waals surface area (Å²) in [5, 5.41) is 1.24. The molecule has 5 rings (SSSR count).